The minimum Gasteiger partial charge on any atom is -0.343 e. The van der Waals surface area contributed by atoms with E-state index in [9.17, 15) is 9.59 Å². The molecule has 2 heterocycles. The minimum absolute atomic E-state index is 0.0190. The first-order valence-corrected chi connectivity index (χ1v) is 10.4. The van der Waals surface area contributed by atoms with Gasteiger partial charge in [0.1, 0.15) is 0 Å². The SMILES string of the molecule is Cc1cc(C(=O)Nc2ccccc2NC(=O)NC(C)C)c(C)n1Cc1cccs1. The van der Waals surface area contributed by atoms with Gasteiger partial charge in [-0.05, 0) is 57.3 Å². The summed E-state index contributed by atoms with van der Waals surface area (Å²) in [5, 5.41) is 10.6. The standard InChI is InChI=1S/C22H26N4O2S/c1-14(2)23-22(28)25-20-10-6-5-9-19(20)24-21(27)18-12-15(3)26(16(18)4)13-17-8-7-11-29-17/h5-12,14H,13H2,1-4H3,(H,24,27)(H2,23,25,28). The van der Waals surface area contributed by atoms with Gasteiger partial charge in [0.05, 0.1) is 23.5 Å². The second kappa shape index (κ2) is 8.96. The molecule has 152 valence electrons. The highest BCUT2D eigenvalue weighted by atomic mass is 32.1. The summed E-state index contributed by atoms with van der Waals surface area (Å²) < 4.78 is 2.14. The predicted molar refractivity (Wildman–Crippen MR) is 119 cm³/mol. The molecule has 6 nitrogen and oxygen atoms in total. The first-order chi connectivity index (χ1) is 13.8. The van der Waals surface area contributed by atoms with Crippen molar-refractivity contribution in [1.82, 2.24) is 9.88 Å². The molecule has 0 radical (unpaired) electrons. The van der Waals surface area contributed by atoms with E-state index < -0.39 is 0 Å². The van der Waals surface area contributed by atoms with Crippen LogP contribution in [0.2, 0.25) is 0 Å². The molecule has 0 aliphatic carbocycles. The second-order valence-corrected chi connectivity index (χ2v) is 8.24. The predicted octanol–water partition coefficient (Wildman–Crippen LogP) is 5.00. The summed E-state index contributed by atoms with van der Waals surface area (Å²) in [4.78, 5) is 26.3. The van der Waals surface area contributed by atoms with E-state index in [1.807, 2.05) is 52.0 Å². The van der Waals surface area contributed by atoms with Crippen LogP contribution in [-0.4, -0.2) is 22.5 Å². The number of hydrogen-bond acceptors (Lipinski definition) is 3. The summed E-state index contributed by atoms with van der Waals surface area (Å²) in [6.07, 6.45) is 0. The van der Waals surface area contributed by atoms with Crippen molar-refractivity contribution in [2.24, 2.45) is 0 Å². The smallest absolute Gasteiger partial charge is 0.319 e. The Kier molecular flexibility index (Phi) is 6.39. The molecule has 3 aromatic rings. The molecule has 0 aliphatic rings. The minimum atomic E-state index is -0.309. The highest BCUT2D eigenvalue weighted by molar-refractivity contribution is 7.09. The van der Waals surface area contributed by atoms with E-state index in [2.05, 4.69) is 32.0 Å². The summed E-state index contributed by atoms with van der Waals surface area (Å²) in [7, 11) is 0. The molecule has 2 aromatic heterocycles. The Morgan fingerprint density at radius 3 is 2.34 bits per heavy atom. The molecule has 3 amide bonds. The van der Waals surface area contributed by atoms with Crippen molar-refractivity contribution < 1.29 is 9.59 Å². The van der Waals surface area contributed by atoms with Gasteiger partial charge in [-0.1, -0.05) is 18.2 Å². The normalized spacial score (nSPS) is 10.8. The van der Waals surface area contributed by atoms with Gasteiger partial charge in [0.25, 0.3) is 5.91 Å². The number of hydrogen-bond donors (Lipinski definition) is 3. The molecule has 29 heavy (non-hydrogen) atoms. The number of thiophene rings is 1. The Bertz CT molecular complexity index is 1010. The van der Waals surface area contributed by atoms with E-state index >= 15 is 0 Å². The molecular formula is C22H26N4O2S. The lowest BCUT2D eigenvalue weighted by molar-refractivity contribution is 0.102. The Labute approximate surface area is 174 Å². The molecule has 0 fully saturated rings. The number of nitrogens with one attached hydrogen (secondary N) is 3. The van der Waals surface area contributed by atoms with Crippen LogP contribution in [0, 0.1) is 13.8 Å². The topological polar surface area (TPSA) is 75.2 Å². The Morgan fingerprint density at radius 1 is 1.03 bits per heavy atom. The summed E-state index contributed by atoms with van der Waals surface area (Å²) in [5.74, 6) is -0.200. The molecule has 0 aliphatic heterocycles. The van der Waals surface area contributed by atoms with Crippen molar-refractivity contribution in [3.8, 4) is 0 Å². The summed E-state index contributed by atoms with van der Waals surface area (Å²) in [6, 6.07) is 12.9. The highest BCUT2D eigenvalue weighted by Crippen LogP contribution is 2.24. The summed E-state index contributed by atoms with van der Waals surface area (Å²) >= 11 is 1.70. The fourth-order valence-electron chi connectivity index (χ4n) is 3.14. The Balaban J connectivity index is 1.78. The second-order valence-electron chi connectivity index (χ2n) is 7.20. The number of rotatable bonds is 6. The molecule has 0 spiro atoms. The molecule has 3 N–H and O–H groups in total. The van der Waals surface area contributed by atoms with Crippen LogP contribution in [0.5, 0.6) is 0 Å². The van der Waals surface area contributed by atoms with Crippen LogP contribution in [0.4, 0.5) is 16.2 Å². The third-order valence-electron chi connectivity index (χ3n) is 4.56. The van der Waals surface area contributed by atoms with Crippen LogP contribution in [0.3, 0.4) is 0 Å². The number of carbonyl (C=O) groups excluding carboxylic acids is 2. The maximum Gasteiger partial charge on any atom is 0.319 e. The number of para-hydroxylation sites is 2. The van der Waals surface area contributed by atoms with Crippen LogP contribution in [0.1, 0.15) is 40.5 Å². The molecule has 0 saturated carbocycles. The number of urea groups is 1. The first kappa shape index (κ1) is 20.7. The van der Waals surface area contributed by atoms with Crippen molar-refractivity contribution >= 4 is 34.6 Å². The molecular weight excluding hydrogens is 384 g/mol. The largest absolute Gasteiger partial charge is 0.343 e. The maximum absolute atomic E-state index is 13.0. The quantitative estimate of drug-likeness (QED) is 0.535. The van der Waals surface area contributed by atoms with Crippen molar-refractivity contribution in [2.75, 3.05) is 10.6 Å². The van der Waals surface area contributed by atoms with Crippen LogP contribution in [0.25, 0.3) is 0 Å². The Hall–Kier alpha value is -3.06. The third-order valence-corrected chi connectivity index (χ3v) is 5.42. The van der Waals surface area contributed by atoms with E-state index in [0.29, 0.717) is 16.9 Å². The number of benzene rings is 1. The van der Waals surface area contributed by atoms with Gasteiger partial charge in [-0.3, -0.25) is 4.79 Å². The van der Waals surface area contributed by atoms with E-state index in [-0.39, 0.29) is 18.0 Å². The fourth-order valence-corrected chi connectivity index (χ4v) is 3.84. The number of carbonyl (C=O) groups is 2. The van der Waals surface area contributed by atoms with E-state index in [1.165, 1.54) is 4.88 Å². The molecule has 1 aromatic carbocycles. The van der Waals surface area contributed by atoms with Crippen molar-refractivity contribution in [3.05, 3.63) is 69.7 Å². The summed E-state index contributed by atoms with van der Waals surface area (Å²) in [5.41, 5.74) is 3.67. The van der Waals surface area contributed by atoms with Crippen LogP contribution < -0.4 is 16.0 Å². The van der Waals surface area contributed by atoms with Crippen molar-refractivity contribution in [3.63, 3.8) is 0 Å². The van der Waals surface area contributed by atoms with Gasteiger partial charge in [0, 0.05) is 22.3 Å². The van der Waals surface area contributed by atoms with E-state index in [1.54, 1.807) is 23.5 Å². The number of nitrogens with zero attached hydrogens (tertiary/aromatic N) is 1. The van der Waals surface area contributed by atoms with Crippen molar-refractivity contribution in [2.45, 2.75) is 40.3 Å². The maximum atomic E-state index is 13.0. The summed E-state index contributed by atoms with van der Waals surface area (Å²) in [6.45, 7) is 8.48. The first-order valence-electron chi connectivity index (χ1n) is 9.52. The monoisotopic (exact) mass is 410 g/mol. The van der Waals surface area contributed by atoms with Gasteiger partial charge in [-0.25, -0.2) is 4.79 Å². The molecule has 0 unspecified atom stereocenters. The zero-order valence-electron chi connectivity index (χ0n) is 17.1. The van der Waals surface area contributed by atoms with Crippen LogP contribution in [0.15, 0.2) is 47.8 Å². The average molecular weight is 411 g/mol. The van der Waals surface area contributed by atoms with Gasteiger partial charge >= 0.3 is 6.03 Å². The van der Waals surface area contributed by atoms with Crippen molar-refractivity contribution in [1.29, 1.82) is 0 Å². The highest BCUT2D eigenvalue weighted by Gasteiger charge is 2.18. The lowest BCUT2D eigenvalue weighted by Crippen LogP contribution is -2.34. The fraction of sp³-hybridized carbons (Fsp3) is 0.273. The Morgan fingerprint density at radius 2 is 1.72 bits per heavy atom. The number of anilines is 2. The zero-order valence-corrected chi connectivity index (χ0v) is 17.9. The zero-order chi connectivity index (χ0) is 21.0. The van der Waals surface area contributed by atoms with Gasteiger partial charge in [0.15, 0.2) is 0 Å². The molecule has 0 bridgehead atoms. The van der Waals surface area contributed by atoms with Crippen LogP contribution in [-0.2, 0) is 6.54 Å². The molecule has 3 rings (SSSR count). The van der Waals surface area contributed by atoms with Gasteiger partial charge in [-0.15, -0.1) is 11.3 Å². The average Bonchev–Trinajstić information content (AvgIpc) is 3.26. The number of aryl methyl sites for hydroxylation is 1. The van der Waals surface area contributed by atoms with E-state index in [0.717, 1.165) is 17.9 Å². The lowest BCUT2D eigenvalue weighted by atomic mass is 10.2. The third kappa shape index (κ3) is 5.06. The lowest BCUT2D eigenvalue weighted by Gasteiger charge is -2.14. The van der Waals surface area contributed by atoms with E-state index in [4.69, 9.17) is 0 Å². The van der Waals surface area contributed by atoms with Gasteiger partial charge < -0.3 is 20.5 Å². The molecule has 0 saturated heterocycles. The van der Waals surface area contributed by atoms with Crippen LogP contribution >= 0.6 is 11.3 Å². The van der Waals surface area contributed by atoms with Gasteiger partial charge in [0.2, 0.25) is 0 Å². The number of amides is 3. The number of aromatic nitrogens is 1. The molecule has 7 heteroatoms. The van der Waals surface area contributed by atoms with Gasteiger partial charge in [-0.2, -0.15) is 0 Å². The molecule has 0 atom stereocenters.